The summed E-state index contributed by atoms with van der Waals surface area (Å²) in [6.45, 7) is 3.89. The average molecular weight is 311 g/mol. The maximum Gasteiger partial charge on any atom is 0.410 e. The summed E-state index contributed by atoms with van der Waals surface area (Å²) in [6.07, 6.45) is 0.662. The number of hydrogen-bond donors (Lipinski definition) is 0. The summed E-state index contributed by atoms with van der Waals surface area (Å²) in [5, 5.41) is 0. The molecule has 120 valence electrons. The molecule has 23 heavy (non-hydrogen) atoms. The van der Waals surface area contributed by atoms with E-state index in [0.29, 0.717) is 13.2 Å². The molecule has 0 spiro atoms. The molecule has 0 aliphatic carbocycles. The van der Waals surface area contributed by atoms with Gasteiger partial charge in [-0.15, -0.1) is 0 Å². The lowest BCUT2D eigenvalue weighted by molar-refractivity contribution is 0.0700. The Hall–Kier alpha value is -2.49. The highest BCUT2D eigenvalue weighted by Crippen LogP contribution is 2.22. The van der Waals surface area contributed by atoms with E-state index in [9.17, 15) is 4.79 Å². The highest BCUT2D eigenvalue weighted by Gasteiger charge is 2.19. The molecule has 3 rings (SSSR count). The Balaban J connectivity index is 1.59. The molecular weight excluding hydrogens is 290 g/mol. The van der Waals surface area contributed by atoms with Gasteiger partial charge in [-0.1, -0.05) is 42.5 Å². The fourth-order valence-corrected chi connectivity index (χ4v) is 2.63. The second kappa shape index (κ2) is 7.18. The Kier molecular flexibility index (Phi) is 4.81. The van der Waals surface area contributed by atoms with Gasteiger partial charge >= 0.3 is 6.09 Å². The number of benzene rings is 2. The second-order valence-corrected chi connectivity index (χ2v) is 5.70. The van der Waals surface area contributed by atoms with Crippen molar-refractivity contribution in [2.24, 2.45) is 0 Å². The third-order valence-electron chi connectivity index (χ3n) is 3.93. The van der Waals surface area contributed by atoms with Gasteiger partial charge < -0.3 is 14.4 Å². The van der Waals surface area contributed by atoms with E-state index >= 15 is 0 Å². The molecule has 1 aliphatic rings. The van der Waals surface area contributed by atoms with E-state index in [1.165, 1.54) is 0 Å². The van der Waals surface area contributed by atoms with E-state index in [1.54, 1.807) is 4.90 Å². The van der Waals surface area contributed by atoms with Crippen LogP contribution in [-0.4, -0.2) is 24.1 Å². The maximum absolute atomic E-state index is 11.6. The van der Waals surface area contributed by atoms with Gasteiger partial charge in [0, 0.05) is 13.1 Å². The van der Waals surface area contributed by atoms with Gasteiger partial charge in [0.25, 0.3) is 0 Å². The van der Waals surface area contributed by atoms with Crippen molar-refractivity contribution in [3.63, 3.8) is 0 Å². The minimum Gasteiger partial charge on any atom is -0.486 e. The number of carbonyl (C=O) groups excluding carboxylic acids is 1. The monoisotopic (exact) mass is 311 g/mol. The van der Waals surface area contributed by atoms with Crippen molar-refractivity contribution >= 4 is 6.09 Å². The molecule has 1 fully saturated rings. The number of amides is 1. The summed E-state index contributed by atoms with van der Waals surface area (Å²) in [6, 6.07) is 18.0. The Morgan fingerprint density at radius 1 is 1.13 bits per heavy atom. The molecule has 1 amide bonds. The van der Waals surface area contributed by atoms with Crippen LogP contribution in [0.5, 0.6) is 5.75 Å². The SMILES string of the molecule is CC(Oc1ccc(CN2CCCOC2=O)cc1)c1ccccc1. The van der Waals surface area contributed by atoms with Gasteiger partial charge in [0.15, 0.2) is 0 Å². The van der Waals surface area contributed by atoms with Crippen LogP contribution in [0.15, 0.2) is 54.6 Å². The first kappa shape index (κ1) is 15.4. The molecule has 2 aromatic carbocycles. The van der Waals surface area contributed by atoms with Crippen LogP contribution in [-0.2, 0) is 11.3 Å². The smallest absolute Gasteiger partial charge is 0.410 e. The zero-order chi connectivity index (χ0) is 16.1. The Labute approximate surface area is 136 Å². The van der Waals surface area contributed by atoms with Crippen molar-refractivity contribution in [2.75, 3.05) is 13.2 Å². The molecule has 1 aliphatic heterocycles. The van der Waals surface area contributed by atoms with Crippen LogP contribution in [0.1, 0.15) is 30.6 Å². The van der Waals surface area contributed by atoms with E-state index in [2.05, 4.69) is 12.1 Å². The van der Waals surface area contributed by atoms with Crippen molar-refractivity contribution in [3.8, 4) is 5.75 Å². The zero-order valence-electron chi connectivity index (χ0n) is 13.3. The molecule has 0 bridgehead atoms. The molecule has 0 radical (unpaired) electrons. The normalized spacial score (nSPS) is 15.9. The first-order chi connectivity index (χ1) is 11.2. The Morgan fingerprint density at radius 3 is 2.57 bits per heavy atom. The van der Waals surface area contributed by atoms with E-state index in [4.69, 9.17) is 9.47 Å². The van der Waals surface area contributed by atoms with E-state index < -0.39 is 0 Å². The fourth-order valence-electron chi connectivity index (χ4n) is 2.63. The summed E-state index contributed by atoms with van der Waals surface area (Å²) in [4.78, 5) is 13.4. The number of nitrogens with zero attached hydrogens (tertiary/aromatic N) is 1. The number of cyclic esters (lactones) is 1. The third-order valence-corrected chi connectivity index (χ3v) is 3.93. The summed E-state index contributed by atoms with van der Waals surface area (Å²) < 4.78 is 11.0. The lowest BCUT2D eigenvalue weighted by Gasteiger charge is -2.26. The van der Waals surface area contributed by atoms with Crippen molar-refractivity contribution in [3.05, 3.63) is 65.7 Å². The number of ether oxygens (including phenoxy) is 2. The van der Waals surface area contributed by atoms with Gasteiger partial charge in [0.05, 0.1) is 6.61 Å². The van der Waals surface area contributed by atoms with Gasteiger partial charge in [-0.2, -0.15) is 0 Å². The molecule has 0 saturated carbocycles. The largest absolute Gasteiger partial charge is 0.486 e. The summed E-state index contributed by atoms with van der Waals surface area (Å²) >= 11 is 0. The first-order valence-electron chi connectivity index (χ1n) is 7.94. The van der Waals surface area contributed by atoms with Crippen molar-refractivity contribution in [1.29, 1.82) is 0 Å². The van der Waals surface area contributed by atoms with Crippen LogP contribution < -0.4 is 4.74 Å². The summed E-state index contributed by atoms with van der Waals surface area (Å²) in [5.41, 5.74) is 2.22. The topological polar surface area (TPSA) is 38.8 Å². The van der Waals surface area contributed by atoms with Crippen LogP contribution in [0.4, 0.5) is 4.79 Å². The van der Waals surface area contributed by atoms with Gasteiger partial charge in [0.1, 0.15) is 11.9 Å². The van der Waals surface area contributed by atoms with E-state index in [0.717, 1.165) is 29.8 Å². The van der Waals surface area contributed by atoms with Gasteiger partial charge in [-0.25, -0.2) is 4.79 Å². The quantitative estimate of drug-likeness (QED) is 0.832. The lowest BCUT2D eigenvalue weighted by atomic mass is 10.1. The van der Waals surface area contributed by atoms with Crippen molar-refractivity contribution in [2.45, 2.75) is 26.0 Å². The lowest BCUT2D eigenvalue weighted by Crippen LogP contribution is -2.37. The standard InChI is InChI=1S/C19H21NO3/c1-15(17-6-3-2-4-7-17)23-18-10-8-16(9-11-18)14-20-12-5-13-22-19(20)21/h2-4,6-11,15H,5,12-14H2,1H3. The predicted octanol–water partition coefficient (Wildman–Crippen LogP) is 4.17. The fraction of sp³-hybridized carbons (Fsp3) is 0.316. The van der Waals surface area contributed by atoms with E-state index in [1.807, 2.05) is 49.4 Å². The minimum absolute atomic E-state index is 0.000813. The maximum atomic E-state index is 11.6. The third kappa shape index (κ3) is 4.03. The minimum atomic E-state index is -0.228. The van der Waals surface area contributed by atoms with Gasteiger partial charge in [-0.3, -0.25) is 0 Å². The zero-order valence-corrected chi connectivity index (χ0v) is 13.3. The van der Waals surface area contributed by atoms with Crippen LogP contribution >= 0.6 is 0 Å². The molecule has 1 heterocycles. The van der Waals surface area contributed by atoms with Gasteiger partial charge in [-0.05, 0) is 36.6 Å². The van der Waals surface area contributed by atoms with Crippen LogP contribution in [0.25, 0.3) is 0 Å². The van der Waals surface area contributed by atoms with Crippen molar-refractivity contribution in [1.82, 2.24) is 4.90 Å². The number of carbonyl (C=O) groups is 1. The molecule has 1 saturated heterocycles. The molecule has 4 nitrogen and oxygen atoms in total. The van der Waals surface area contributed by atoms with Crippen molar-refractivity contribution < 1.29 is 14.3 Å². The Bertz CT molecular complexity index is 639. The first-order valence-corrected chi connectivity index (χ1v) is 7.94. The second-order valence-electron chi connectivity index (χ2n) is 5.70. The molecule has 2 aromatic rings. The summed E-state index contributed by atoms with van der Waals surface area (Å²) in [7, 11) is 0. The van der Waals surface area contributed by atoms with Gasteiger partial charge in [0.2, 0.25) is 0 Å². The number of rotatable bonds is 5. The van der Waals surface area contributed by atoms with Crippen LogP contribution in [0, 0.1) is 0 Å². The number of hydrogen-bond acceptors (Lipinski definition) is 3. The molecular formula is C19H21NO3. The highest BCUT2D eigenvalue weighted by molar-refractivity contribution is 5.68. The molecule has 0 aromatic heterocycles. The van der Waals surface area contributed by atoms with Crippen LogP contribution in [0.3, 0.4) is 0 Å². The molecule has 4 heteroatoms. The highest BCUT2D eigenvalue weighted by atomic mass is 16.6. The Morgan fingerprint density at radius 2 is 1.87 bits per heavy atom. The summed E-state index contributed by atoms with van der Waals surface area (Å²) in [5.74, 6) is 0.825. The molecule has 1 atom stereocenters. The van der Waals surface area contributed by atoms with E-state index in [-0.39, 0.29) is 12.2 Å². The predicted molar refractivity (Wildman–Crippen MR) is 88.3 cm³/mol. The molecule has 1 unspecified atom stereocenters. The van der Waals surface area contributed by atoms with Crippen LogP contribution in [0.2, 0.25) is 0 Å². The average Bonchev–Trinajstić information content (AvgIpc) is 2.59. The molecule has 0 N–H and O–H groups in total.